The van der Waals surface area contributed by atoms with Gasteiger partial charge >= 0.3 is 11.9 Å². The van der Waals surface area contributed by atoms with Gasteiger partial charge in [0.25, 0.3) is 11.1 Å². The predicted octanol–water partition coefficient (Wildman–Crippen LogP) is -3.22. The van der Waals surface area contributed by atoms with Crippen LogP contribution in [0, 0.1) is 0 Å². The van der Waals surface area contributed by atoms with E-state index in [2.05, 4.69) is 0 Å². The molecular formula is C14H20N4O8. The van der Waals surface area contributed by atoms with Gasteiger partial charge in [-0.3, -0.25) is 19.2 Å². The smallest absolute Gasteiger partial charge is 0.303 e. The maximum absolute atomic E-state index is 12.0. The average Bonchev–Trinajstić information content (AvgIpc) is 2.57. The fourth-order valence-electron chi connectivity index (χ4n) is 2.03. The molecule has 0 spiro atoms. The topological polar surface area (TPSA) is 233 Å². The Balaban J connectivity index is 3.34. The number of nitrogens with one attached hydrogen (secondary N) is 2. The van der Waals surface area contributed by atoms with Gasteiger partial charge in [-0.25, -0.2) is 0 Å². The molecule has 1 rings (SSSR count). The number of aliphatic hydroxyl groups excluding tert-OH is 2. The molecule has 0 fully saturated rings. The van der Waals surface area contributed by atoms with Crippen molar-refractivity contribution in [1.29, 1.82) is 0 Å². The molecule has 144 valence electrons. The number of aromatic nitrogens is 2. The van der Waals surface area contributed by atoms with Gasteiger partial charge in [0.05, 0.1) is 12.1 Å². The number of H-pyrrole nitrogens is 2. The fraction of sp³-hybridized carbons (Fsp3) is 0.429. The van der Waals surface area contributed by atoms with Crippen LogP contribution in [0.1, 0.15) is 25.7 Å². The van der Waals surface area contributed by atoms with Crippen LogP contribution in [-0.4, -0.2) is 54.4 Å². The van der Waals surface area contributed by atoms with Gasteiger partial charge in [0, 0.05) is 12.8 Å². The highest BCUT2D eigenvalue weighted by Gasteiger charge is 2.16. The third kappa shape index (κ3) is 5.46. The molecule has 10 N–H and O–H groups in total. The minimum Gasteiger partial charge on any atom is -0.508 e. The molecule has 1 heterocycles. The van der Waals surface area contributed by atoms with Gasteiger partial charge in [0.2, 0.25) is 0 Å². The van der Waals surface area contributed by atoms with E-state index in [4.69, 9.17) is 21.7 Å². The third-order valence-corrected chi connectivity index (χ3v) is 3.48. The van der Waals surface area contributed by atoms with E-state index in [9.17, 15) is 29.4 Å². The zero-order valence-corrected chi connectivity index (χ0v) is 13.6. The first-order valence-electron chi connectivity index (χ1n) is 7.48. The zero-order valence-electron chi connectivity index (χ0n) is 13.6. The van der Waals surface area contributed by atoms with Crippen LogP contribution < -0.4 is 33.3 Å². The van der Waals surface area contributed by atoms with Crippen molar-refractivity contribution in [2.45, 2.75) is 37.8 Å². The quantitative estimate of drug-likeness (QED) is 0.227. The standard InChI is InChI=1S/C14H20N4O8/c15-5(1-3-7(19)20)11(23)9-13(25)18-10(14(26)17-9)12(24)6(16)2-4-8(21)22/h5-6,23-24H,1-4,15-16H2,(H,17,26)(H,18,25)(H,19,20)(H,21,22)/t5-,6-/m0/s1. The van der Waals surface area contributed by atoms with Crippen LogP contribution in [0.15, 0.2) is 9.59 Å². The van der Waals surface area contributed by atoms with Crippen molar-refractivity contribution in [2.75, 3.05) is 0 Å². The van der Waals surface area contributed by atoms with Crippen LogP contribution in [0.5, 0.6) is 0 Å². The second-order valence-electron chi connectivity index (χ2n) is 5.51. The van der Waals surface area contributed by atoms with E-state index in [0.717, 1.165) is 0 Å². The van der Waals surface area contributed by atoms with Crippen molar-refractivity contribution >= 4 is 23.5 Å². The molecule has 26 heavy (non-hydrogen) atoms. The molecule has 12 heteroatoms. The summed E-state index contributed by atoms with van der Waals surface area (Å²) in [6.07, 6.45) is -1.08. The maximum atomic E-state index is 12.0. The molecular weight excluding hydrogens is 352 g/mol. The van der Waals surface area contributed by atoms with Gasteiger partial charge in [-0.05, 0) is 12.8 Å². The normalized spacial score (nSPS) is 15.8. The highest BCUT2D eigenvalue weighted by molar-refractivity contribution is 5.67. The van der Waals surface area contributed by atoms with Gasteiger partial charge in [-0.15, -0.1) is 0 Å². The highest BCUT2D eigenvalue weighted by atomic mass is 16.4. The Bertz CT molecular complexity index is 840. The van der Waals surface area contributed by atoms with Crippen molar-refractivity contribution in [2.24, 2.45) is 11.5 Å². The lowest BCUT2D eigenvalue weighted by atomic mass is 10.1. The number of rotatable bonds is 8. The molecule has 0 bridgehead atoms. The number of aromatic amines is 2. The number of nitrogens with two attached hydrogens (primary N) is 2. The summed E-state index contributed by atoms with van der Waals surface area (Å²) in [7, 11) is 0. The van der Waals surface area contributed by atoms with E-state index in [1.54, 1.807) is 0 Å². The van der Waals surface area contributed by atoms with E-state index in [1.165, 1.54) is 0 Å². The molecule has 12 nitrogen and oxygen atoms in total. The lowest BCUT2D eigenvalue weighted by Crippen LogP contribution is -2.51. The number of aliphatic hydroxyl groups is 2. The number of carbonyl (C=O) groups is 2. The van der Waals surface area contributed by atoms with Crippen LogP contribution in [0.2, 0.25) is 0 Å². The number of aliphatic carboxylic acids is 2. The molecule has 1 aromatic rings. The minimum atomic E-state index is -1.20. The number of carboxylic acid groups (broad SMARTS) is 2. The molecule has 0 amide bonds. The lowest BCUT2D eigenvalue weighted by Gasteiger charge is -2.10. The fourth-order valence-corrected chi connectivity index (χ4v) is 2.03. The molecule has 0 aliphatic carbocycles. The van der Waals surface area contributed by atoms with Crippen molar-refractivity contribution in [3.8, 4) is 0 Å². The van der Waals surface area contributed by atoms with Crippen LogP contribution >= 0.6 is 0 Å². The van der Waals surface area contributed by atoms with Gasteiger partial charge in [-0.2, -0.15) is 0 Å². The number of carboxylic acids is 2. The minimum absolute atomic E-state index is 0.179. The molecule has 0 saturated carbocycles. The van der Waals surface area contributed by atoms with Crippen molar-refractivity contribution in [3.63, 3.8) is 0 Å². The van der Waals surface area contributed by atoms with Crippen molar-refractivity contribution in [3.05, 3.63) is 31.4 Å². The molecule has 0 radical (unpaired) electrons. The lowest BCUT2D eigenvalue weighted by molar-refractivity contribution is -0.138. The number of hydrogen-bond donors (Lipinski definition) is 8. The van der Waals surface area contributed by atoms with Crippen LogP contribution in [0.3, 0.4) is 0 Å². The Morgan fingerprint density at radius 3 is 1.35 bits per heavy atom. The largest absolute Gasteiger partial charge is 0.508 e. The van der Waals surface area contributed by atoms with Crippen LogP contribution in [-0.2, 0) is 9.59 Å². The molecule has 2 atom stereocenters. The van der Waals surface area contributed by atoms with Crippen LogP contribution in [0.25, 0.3) is 11.5 Å². The average molecular weight is 372 g/mol. The van der Waals surface area contributed by atoms with Crippen LogP contribution in [0.4, 0.5) is 0 Å². The maximum Gasteiger partial charge on any atom is 0.303 e. The number of hydrogen-bond acceptors (Lipinski definition) is 8. The van der Waals surface area contributed by atoms with Crippen molar-refractivity contribution in [1.82, 2.24) is 9.97 Å². The first-order valence-corrected chi connectivity index (χ1v) is 7.48. The SMILES string of the molecule is N[C@@H](CCC(=O)O)C(O)=c1[nH]c(=O)c(=C(O)[C@@H](N)CCC(=O)O)[nH]c1=O. The Hall–Kier alpha value is -3.12. The molecule has 0 aromatic carbocycles. The summed E-state index contributed by atoms with van der Waals surface area (Å²) >= 11 is 0. The third-order valence-electron chi connectivity index (χ3n) is 3.48. The second-order valence-corrected chi connectivity index (χ2v) is 5.51. The van der Waals surface area contributed by atoms with E-state index >= 15 is 0 Å². The Morgan fingerprint density at radius 2 is 1.08 bits per heavy atom. The monoisotopic (exact) mass is 372 g/mol. The molecule has 1 aromatic heterocycles. The zero-order chi connectivity index (χ0) is 20.0. The summed E-state index contributed by atoms with van der Waals surface area (Å²) in [6.45, 7) is 0. The van der Waals surface area contributed by atoms with E-state index in [-0.39, 0.29) is 25.7 Å². The van der Waals surface area contributed by atoms with Gasteiger partial charge in [0.1, 0.15) is 22.2 Å². The van der Waals surface area contributed by atoms with E-state index < -0.39 is 57.4 Å². The van der Waals surface area contributed by atoms with Gasteiger partial charge in [0.15, 0.2) is 0 Å². The summed E-state index contributed by atoms with van der Waals surface area (Å²) in [4.78, 5) is 49.2. The summed E-state index contributed by atoms with van der Waals surface area (Å²) in [5.41, 5.74) is 9.15. The second kappa shape index (κ2) is 8.82. The van der Waals surface area contributed by atoms with E-state index in [0.29, 0.717) is 0 Å². The first kappa shape index (κ1) is 20.9. The van der Waals surface area contributed by atoms with Gasteiger partial charge < -0.3 is 41.9 Å². The Morgan fingerprint density at radius 1 is 0.769 bits per heavy atom. The summed E-state index contributed by atoms with van der Waals surface area (Å²) in [5, 5.41) is 35.9. The summed E-state index contributed by atoms with van der Waals surface area (Å²) in [5.74, 6) is -3.74. The highest BCUT2D eigenvalue weighted by Crippen LogP contribution is 2.02. The molecule has 0 unspecified atom stereocenters. The molecule has 0 saturated heterocycles. The predicted molar refractivity (Wildman–Crippen MR) is 88.7 cm³/mol. The summed E-state index contributed by atoms with van der Waals surface area (Å²) < 4.78 is 0. The Kier molecular flexibility index (Phi) is 7.10. The van der Waals surface area contributed by atoms with E-state index in [1.807, 2.05) is 9.97 Å². The van der Waals surface area contributed by atoms with Crippen molar-refractivity contribution < 1.29 is 30.0 Å². The molecule has 0 aliphatic rings. The Labute approximate surface area is 145 Å². The van der Waals surface area contributed by atoms with Gasteiger partial charge in [-0.1, -0.05) is 0 Å². The molecule has 0 aliphatic heterocycles. The first-order chi connectivity index (χ1) is 12.0. The summed E-state index contributed by atoms with van der Waals surface area (Å²) in [6, 6.07) is -2.41.